The van der Waals surface area contributed by atoms with E-state index in [0.717, 1.165) is 38.6 Å². The highest BCUT2D eigenvalue weighted by Gasteiger charge is 2.30. The SMILES string of the molecule is CC(=O)c1ccn(C(=O)N2CCN(Cc3ccc(C)cc3N3CCC(C(C)(C)C)CC3)CC2)n1. The third kappa shape index (κ3) is 5.52. The molecule has 0 aliphatic carbocycles. The molecule has 2 aliphatic rings. The van der Waals surface area contributed by atoms with Gasteiger partial charge in [-0.3, -0.25) is 9.69 Å². The number of rotatable bonds is 4. The molecule has 7 nitrogen and oxygen atoms in total. The Balaban J connectivity index is 1.37. The van der Waals surface area contributed by atoms with Crippen molar-refractivity contribution in [1.29, 1.82) is 0 Å². The Morgan fingerprint density at radius 3 is 2.26 bits per heavy atom. The Labute approximate surface area is 203 Å². The second-order valence-corrected chi connectivity index (χ2v) is 11.0. The Morgan fingerprint density at radius 2 is 1.68 bits per heavy atom. The summed E-state index contributed by atoms with van der Waals surface area (Å²) in [6, 6.07) is 8.27. The maximum absolute atomic E-state index is 12.8. The van der Waals surface area contributed by atoms with E-state index >= 15 is 0 Å². The van der Waals surface area contributed by atoms with Gasteiger partial charge in [0.15, 0.2) is 5.78 Å². The summed E-state index contributed by atoms with van der Waals surface area (Å²) in [5.74, 6) is 0.650. The Hall–Kier alpha value is -2.67. The quantitative estimate of drug-likeness (QED) is 0.625. The van der Waals surface area contributed by atoms with Crippen molar-refractivity contribution in [3.8, 4) is 0 Å². The molecule has 2 aromatic rings. The minimum Gasteiger partial charge on any atom is -0.371 e. The molecule has 0 bridgehead atoms. The van der Waals surface area contributed by atoms with Gasteiger partial charge in [0.1, 0.15) is 5.69 Å². The van der Waals surface area contributed by atoms with Gasteiger partial charge in [-0.15, -0.1) is 0 Å². The molecule has 0 spiro atoms. The molecular formula is C27H39N5O2. The number of piperazine rings is 1. The second kappa shape index (κ2) is 9.90. The summed E-state index contributed by atoms with van der Waals surface area (Å²) in [6.45, 7) is 16.8. The maximum Gasteiger partial charge on any atom is 0.344 e. The zero-order valence-electron chi connectivity index (χ0n) is 21.4. The number of amides is 1. The van der Waals surface area contributed by atoms with Crippen LogP contribution in [0.1, 0.15) is 62.2 Å². The summed E-state index contributed by atoms with van der Waals surface area (Å²) in [5, 5.41) is 4.12. The van der Waals surface area contributed by atoms with Crippen molar-refractivity contribution < 1.29 is 9.59 Å². The molecule has 1 aromatic heterocycles. The second-order valence-electron chi connectivity index (χ2n) is 11.0. The van der Waals surface area contributed by atoms with E-state index in [9.17, 15) is 9.59 Å². The van der Waals surface area contributed by atoms with Gasteiger partial charge in [0.2, 0.25) is 0 Å². The van der Waals surface area contributed by atoms with E-state index in [1.807, 2.05) is 4.90 Å². The number of Topliss-reactive ketones (excluding diaryl/α,β-unsaturated/α-hetero) is 1. The molecule has 0 radical (unpaired) electrons. The van der Waals surface area contributed by atoms with Gasteiger partial charge >= 0.3 is 6.03 Å². The zero-order chi connectivity index (χ0) is 24.5. The molecule has 4 rings (SSSR count). The third-order valence-electron chi connectivity index (χ3n) is 7.48. The first-order chi connectivity index (χ1) is 16.1. The van der Waals surface area contributed by atoms with E-state index in [1.165, 1.54) is 41.3 Å². The molecule has 0 atom stereocenters. The van der Waals surface area contributed by atoms with Crippen LogP contribution in [0.4, 0.5) is 10.5 Å². The Bertz CT molecular complexity index is 1020. The molecule has 2 fully saturated rings. The van der Waals surface area contributed by atoms with Crippen LogP contribution in [0, 0.1) is 18.3 Å². The normalized spacial score (nSPS) is 18.4. The molecule has 34 heavy (non-hydrogen) atoms. The number of carbonyl (C=O) groups is 2. The van der Waals surface area contributed by atoms with Gasteiger partial charge < -0.3 is 9.80 Å². The van der Waals surface area contributed by atoms with Crippen molar-refractivity contribution >= 4 is 17.5 Å². The van der Waals surface area contributed by atoms with Crippen molar-refractivity contribution in [2.45, 2.75) is 54.0 Å². The van der Waals surface area contributed by atoms with E-state index in [0.29, 0.717) is 24.2 Å². The van der Waals surface area contributed by atoms with Crippen LogP contribution >= 0.6 is 0 Å². The number of aromatic nitrogens is 2. The maximum atomic E-state index is 12.8. The van der Waals surface area contributed by atoms with E-state index in [2.05, 4.69) is 60.8 Å². The molecule has 2 saturated heterocycles. The van der Waals surface area contributed by atoms with Gasteiger partial charge in [-0.2, -0.15) is 9.78 Å². The standard InChI is InChI=1S/C27H39N5O2/c1-20-6-7-22(25(18-20)30-11-8-23(9-12-30)27(3,4)5)19-29-14-16-31(17-15-29)26(34)32-13-10-24(28-32)21(2)33/h6-7,10,13,18,23H,8-9,11-12,14-17,19H2,1-5H3. The number of nitrogens with zero attached hydrogens (tertiary/aromatic N) is 5. The van der Waals surface area contributed by atoms with E-state index in [1.54, 1.807) is 12.3 Å². The fourth-order valence-corrected chi connectivity index (χ4v) is 5.19. The smallest absolute Gasteiger partial charge is 0.344 e. The molecule has 2 aliphatic heterocycles. The highest BCUT2D eigenvalue weighted by molar-refractivity contribution is 5.92. The molecule has 184 valence electrons. The summed E-state index contributed by atoms with van der Waals surface area (Å²) in [7, 11) is 0. The van der Waals surface area contributed by atoms with E-state index < -0.39 is 0 Å². The van der Waals surface area contributed by atoms with E-state index in [-0.39, 0.29) is 11.8 Å². The molecule has 0 N–H and O–H groups in total. The van der Waals surface area contributed by atoms with Crippen LogP contribution in [0.2, 0.25) is 0 Å². The molecule has 1 aromatic carbocycles. The van der Waals surface area contributed by atoms with Crippen molar-refractivity contribution in [2.75, 3.05) is 44.2 Å². The van der Waals surface area contributed by atoms with Crippen LogP contribution in [0.15, 0.2) is 30.5 Å². The lowest BCUT2D eigenvalue weighted by molar-refractivity contribution is 0.101. The molecule has 7 heteroatoms. The first-order valence-electron chi connectivity index (χ1n) is 12.5. The minimum absolute atomic E-state index is 0.132. The Morgan fingerprint density at radius 1 is 1.00 bits per heavy atom. The molecule has 0 unspecified atom stereocenters. The van der Waals surface area contributed by atoms with Crippen LogP contribution in [0.25, 0.3) is 0 Å². The van der Waals surface area contributed by atoms with Crippen molar-refractivity contribution in [1.82, 2.24) is 19.6 Å². The summed E-state index contributed by atoms with van der Waals surface area (Å²) >= 11 is 0. The van der Waals surface area contributed by atoms with Gasteiger partial charge in [0, 0.05) is 64.6 Å². The first-order valence-corrected chi connectivity index (χ1v) is 12.5. The predicted octanol–water partition coefficient (Wildman–Crippen LogP) is 4.44. The number of piperidine rings is 1. The minimum atomic E-state index is -0.162. The number of hydrogen-bond donors (Lipinski definition) is 0. The van der Waals surface area contributed by atoms with Gasteiger partial charge in [0.25, 0.3) is 0 Å². The molecule has 3 heterocycles. The van der Waals surface area contributed by atoms with Crippen molar-refractivity contribution in [2.24, 2.45) is 11.3 Å². The highest BCUT2D eigenvalue weighted by atomic mass is 16.2. The van der Waals surface area contributed by atoms with Crippen LogP contribution < -0.4 is 4.90 Å². The summed E-state index contributed by atoms with van der Waals surface area (Å²) in [5.41, 5.74) is 4.75. The van der Waals surface area contributed by atoms with Gasteiger partial charge in [0.05, 0.1) is 0 Å². The summed E-state index contributed by atoms with van der Waals surface area (Å²) < 4.78 is 1.28. The number of carbonyl (C=O) groups excluding carboxylic acids is 2. The third-order valence-corrected chi connectivity index (χ3v) is 7.48. The number of hydrogen-bond acceptors (Lipinski definition) is 5. The number of anilines is 1. The van der Waals surface area contributed by atoms with Gasteiger partial charge in [-0.25, -0.2) is 4.79 Å². The number of ketones is 1. The lowest BCUT2D eigenvalue weighted by Gasteiger charge is -2.41. The van der Waals surface area contributed by atoms with E-state index in [4.69, 9.17) is 0 Å². The largest absolute Gasteiger partial charge is 0.371 e. The zero-order valence-corrected chi connectivity index (χ0v) is 21.4. The highest BCUT2D eigenvalue weighted by Crippen LogP contribution is 2.36. The molecule has 1 amide bonds. The van der Waals surface area contributed by atoms with Crippen LogP contribution in [0.5, 0.6) is 0 Å². The average molecular weight is 466 g/mol. The first kappa shape index (κ1) is 24.5. The molecular weight excluding hydrogens is 426 g/mol. The predicted molar refractivity (Wildman–Crippen MR) is 135 cm³/mol. The van der Waals surface area contributed by atoms with Gasteiger partial charge in [-0.1, -0.05) is 32.9 Å². The Kier molecular flexibility index (Phi) is 7.12. The van der Waals surface area contributed by atoms with Gasteiger partial charge in [-0.05, 0) is 54.4 Å². The fraction of sp³-hybridized carbons (Fsp3) is 0.593. The number of aryl methyl sites for hydroxylation is 1. The number of benzene rings is 1. The topological polar surface area (TPSA) is 61.7 Å². The van der Waals surface area contributed by atoms with Crippen LogP contribution in [-0.2, 0) is 6.54 Å². The van der Waals surface area contributed by atoms with Crippen LogP contribution in [-0.4, -0.2) is 70.7 Å². The fourth-order valence-electron chi connectivity index (χ4n) is 5.19. The average Bonchev–Trinajstić information content (AvgIpc) is 3.31. The van der Waals surface area contributed by atoms with Crippen molar-refractivity contribution in [3.63, 3.8) is 0 Å². The lowest BCUT2D eigenvalue weighted by atomic mass is 9.75. The molecule has 0 saturated carbocycles. The van der Waals surface area contributed by atoms with Crippen LogP contribution in [0.3, 0.4) is 0 Å². The lowest BCUT2D eigenvalue weighted by Crippen LogP contribution is -2.49. The van der Waals surface area contributed by atoms with Crippen molar-refractivity contribution in [3.05, 3.63) is 47.3 Å². The summed E-state index contributed by atoms with van der Waals surface area (Å²) in [6.07, 6.45) is 4.07. The summed E-state index contributed by atoms with van der Waals surface area (Å²) in [4.78, 5) is 31.1. The monoisotopic (exact) mass is 465 g/mol.